The largest absolute Gasteiger partial charge is 0.382 e. The van der Waals surface area contributed by atoms with Gasteiger partial charge in [0.15, 0.2) is 5.78 Å². The van der Waals surface area contributed by atoms with Gasteiger partial charge in [-0.05, 0) is 0 Å². The van der Waals surface area contributed by atoms with Gasteiger partial charge in [-0.2, -0.15) is 13.9 Å². The molecule has 0 aromatic carbocycles. The molecule has 0 radical (unpaired) electrons. The van der Waals surface area contributed by atoms with E-state index in [1.807, 2.05) is 0 Å². The molecule has 0 heterocycles. The van der Waals surface area contributed by atoms with Crippen LogP contribution in [0.1, 0.15) is 13.8 Å². The minimum absolute atomic E-state index is 0.696. The summed E-state index contributed by atoms with van der Waals surface area (Å²) in [5.41, 5.74) is 1.60. The molecule has 0 aliphatic carbocycles. The third kappa shape index (κ3) is 3.81. The van der Waals surface area contributed by atoms with Crippen LogP contribution in [0, 0.1) is 0 Å². The predicted molar refractivity (Wildman–Crippen MR) is 44.5 cm³/mol. The van der Waals surface area contributed by atoms with Crippen LogP contribution < -0.4 is 5.48 Å². The van der Waals surface area contributed by atoms with Gasteiger partial charge in [0.2, 0.25) is 21.1 Å². The topological polar surface area (TPSA) is 107 Å². The summed E-state index contributed by atoms with van der Waals surface area (Å²) in [7, 11) is -2.99. The first-order valence-electron chi connectivity index (χ1n) is 3.31. The maximum Gasteiger partial charge on any atom is 0.382 e. The van der Waals surface area contributed by atoms with E-state index in [0.717, 1.165) is 13.8 Å². The second kappa shape index (κ2) is 5.12. The van der Waals surface area contributed by atoms with Gasteiger partial charge < -0.3 is 4.84 Å². The molecule has 14 heavy (non-hydrogen) atoms. The lowest BCUT2D eigenvalue weighted by molar-refractivity contribution is -0.151. The monoisotopic (exact) mass is 221 g/mol. The van der Waals surface area contributed by atoms with Crippen molar-refractivity contribution in [3.05, 3.63) is 0 Å². The smallest absolute Gasteiger partial charge is 0.334 e. The zero-order chi connectivity index (χ0) is 11.3. The van der Waals surface area contributed by atoms with E-state index in [4.69, 9.17) is 0 Å². The van der Waals surface area contributed by atoms with Gasteiger partial charge in [0.25, 0.3) is 0 Å². The average Bonchev–Trinajstić information content (AvgIpc) is 1.99. The van der Waals surface area contributed by atoms with E-state index < -0.39 is 32.8 Å². The molecular formula is C6H7NO6S. The van der Waals surface area contributed by atoms with Crippen molar-refractivity contribution in [1.29, 1.82) is 0 Å². The normalized spacial score (nSPS) is 8.71. The molecule has 78 valence electrons. The van der Waals surface area contributed by atoms with Crippen LogP contribution in [-0.2, 0) is 29.5 Å². The molecule has 0 aromatic heterocycles. The van der Waals surface area contributed by atoms with Crippen molar-refractivity contribution in [3.63, 3.8) is 0 Å². The number of carbonyl (C=O) groups is 3. The molecule has 1 amide bonds. The SMILES string of the molecule is CC(=O)NOC(=O)C(C(C)=O)=S(=O)=O. The third-order valence-corrected chi connectivity index (χ3v) is 1.75. The Hall–Kier alpha value is -1.70. The van der Waals surface area contributed by atoms with Crippen LogP contribution in [-0.4, -0.2) is 30.9 Å². The first-order valence-corrected chi connectivity index (χ1v) is 4.38. The molecule has 0 aliphatic rings. The van der Waals surface area contributed by atoms with Gasteiger partial charge in [-0.15, -0.1) is 0 Å². The molecule has 7 nitrogen and oxygen atoms in total. The van der Waals surface area contributed by atoms with Crippen molar-refractivity contribution in [2.45, 2.75) is 13.8 Å². The van der Waals surface area contributed by atoms with E-state index >= 15 is 0 Å². The first-order chi connectivity index (χ1) is 6.36. The number of hydrogen-bond acceptors (Lipinski definition) is 6. The van der Waals surface area contributed by atoms with Crippen LogP contribution in [0.25, 0.3) is 0 Å². The van der Waals surface area contributed by atoms with E-state index in [1.54, 1.807) is 5.48 Å². The molecule has 0 aliphatic heterocycles. The van der Waals surface area contributed by atoms with Crippen molar-refractivity contribution in [1.82, 2.24) is 5.48 Å². The summed E-state index contributed by atoms with van der Waals surface area (Å²) in [5, 5.41) is 0. The summed E-state index contributed by atoms with van der Waals surface area (Å²) in [6.07, 6.45) is 0. The van der Waals surface area contributed by atoms with E-state index in [1.165, 1.54) is 0 Å². The second-order valence-electron chi connectivity index (χ2n) is 2.17. The minimum atomic E-state index is -2.99. The standard InChI is InChI=1S/C6H7NO6S/c1-3(8)5(14(11)12)6(10)13-7-4(2)9/h1-2H3,(H,7,9). The van der Waals surface area contributed by atoms with Crippen LogP contribution in [0.15, 0.2) is 0 Å². The van der Waals surface area contributed by atoms with E-state index in [9.17, 15) is 22.8 Å². The molecule has 1 N–H and O–H groups in total. The van der Waals surface area contributed by atoms with Crippen LogP contribution in [0.5, 0.6) is 0 Å². The fourth-order valence-corrected chi connectivity index (χ4v) is 0.906. The quantitative estimate of drug-likeness (QED) is 0.335. The van der Waals surface area contributed by atoms with Crippen molar-refractivity contribution in [3.8, 4) is 0 Å². The lowest BCUT2D eigenvalue weighted by Crippen LogP contribution is -2.32. The summed E-state index contributed by atoms with van der Waals surface area (Å²) >= 11 is 0. The number of rotatable bonds is 2. The molecule has 0 saturated heterocycles. The number of ketones is 1. The van der Waals surface area contributed by atoms with Gasteiger partial charge in [-0.3, -0.25) is 9.59 Å². The highest BCUT2D eigenvalue weighted by molar-refractivity contribution is 7.76. The third-order valence-electron chi connectivity index (χ3n) is 0.959. The summed E-state index contributed by atoms with van der Waals surface area (Å²) in [5.74, 6) is -3.08. The highest BCUT2D eigenvalue weighted by atomic mass is 32.2. The minimum Gasteiger partial charge on any atom is -0.334 e. The molecule has 0 unspecified atom stereocenters. The highest BCUT2D eigenvalue weighted by Gasteiger charge is 2.20. The fourth-order valence-electron chi connectivity index (χ4n) is 0.494. The van der Waals surface area contributed by atoms with E-state index in [2.05, 4.69) is 4.84 Å². The van der Waals surface area contributed by atoms with Crippen molar-refractivity contribution < 1.29 is 27.6 Å². The number of hydrogen-bond donors (Lipinski definition) is 1. The van der Waals surface area contributed by atoms with Gasteiger partial charge in [-0.25, -0.2) is 4.79 Å². The number of nitrogens with one attached hydrogen (secondary N) is 1. The summed E-state index contributed by atoms with van der Waals surface area (Å²) in [6, 6.07) is 0. The Morgan fingerprint density at radius 2 is 1.64 bits per heavy atom. The van der Waals surface area contributed by atoms with Crippen molar-refractivity contribution in [2.75, 3.05) is 0 Å². The van der Waals surface area contributed by atoms with Gasteiger partial charge in [-0.1, -0.05) is 0 Å². The lowest BCUT2D eigenvalue weighted by Gasteiger charge is -2.00. The molecule has 0 aromatic rings. The molecular weight excluding hydrogens is 214 g/mol. The molecule has 0 bridgehead atoms. The maximum atomic E-state index is 10.8. The second-order valence-corrected chi connectivity index (χ2v) is 3.05. The van der Waals surface area contributed by atoms with Crippen LogP contribution in [0.2, 0.25) is 0 Å². The Balaban J connectivity index is 4.76. The molecule has 0 spiro atoms. The Morgan fingerprint density at radius 1 is 1.14 bits per heavy atom. The Kier molecular flexibility index (Phi) is 4.50. The summed E-state index contributed by atoms with van der Waals surface area (Å²) < 4.78 is 20.7. The zero-order valence-corrected chi connectivity index (χ0v) is 8.17. The predicted octanol–water partition coefficient (Wildman–Crippen LogP) is -1.78. The Bertz CT molecular complexity index is 398. The lowest BCUT2D eigenvalue weighted by atomic mass is 10.3. The Labute approximate surface area is 80.5 Å². The molecule has 0 atom stereocenters. The molecule has 8 heteroatoms. The number of amides is 1. The zero-order valence-electron chi connectivity index (χ0n) is 7.36. The van der Waals surface area contributed by atoms with Crippen molar-refractivity contribution >= 4 is 32.8 Å². The van der Waals surface area contributed by atoms with Crippen molar-refractivity contribution in [2.24, 2.45) is 0 Å². The van der Waals surface area contributed by atoms with Gasteiger partial charge >= 0.3 is 5.97 Å². The van der Waals surface area contributed by atoms with Gasteiger partial charge in [0.1, 0.15) is 0 Å². The first kappa shape index (κ1) is 12.3. The van der Waals surface area contributed by atoms with Gasteiger partial charge in [0.05, 0.1) is 0 Å². The van der Waals surface area contributed by atoms with Crippen LogP contribution >= 0.6 is 0 Å². The number of Topliss-reactive ketones (excluding diaryl/α,β-unsaturated/α-hetero) is 1. The Morgan fingerprint density at radius 3 is 1.93 bits per heavy atom. The van der Waals surface area contributed by atoms with E-state index in [0.29, 0.717) is 0 Å². The fraction of sp³-hybridized carbons (Fsp3) is 0.333. The molecule has 0 saturated carbocycles. The molecule has 0 fully saturated rings. The van der Waals surface area contributed by atoms with Gasteiger partial charge in [0, 0.05) is 13.8 Å². The number of carbonyl (C=O) groups excluding carboxylic acids is 3. The van der Waals surface area contributed by atoms with E-state index in [-0.39, 0.29) is 0 Å². The summed E-state index contributed by atoms with van der Waals surface area (Å²) in [6.45, 7) is 1.94. The van der Waals surface area contributed by atoms with Crippen LogP contribution in [0.3, 0.4) is 0 Å². The summed E-state index contributed by atoms with van der Waals surface area (Å²) in [4.78, 5) is 34.7. The van der Waals surface area contributed by atoms with Crippen LogP contribution in [0.4, 0.5) is 0 Å². The molecule has 0 rings (SSSR count). The maximum absolute atomic E-state index is 10.8. The number of hydroxylamine groups is 1. The highest BCUT2D eigenvalue weighted by Crippen LogP contribution is 1.83. The average molecular weight is 221 g/mol.